The zero-order valence-corrected chi connectivity index (χ0v) is 62.8. The minimum absolute atomic E-state index is 0.218. The third kappa shape index (κ3) is 22.4. The number of ether oxygens (including phenoxy) is 4. The zero-order valence-electron chi connectivity index (χ0n) is 58.8. The van der Waals surface area contributed by atoms with Crippen LogP contribution in [0.1, 0.15) is 87.9 Å². The molecule has 0 bridgehead atoms. The van der Waals surface area contributed by atoms with E-state index in [2.05, 4.69) is 156 Å². The van der Waals surface area contributed by atoms with E-state index in [1.165, 1.54) is 0 Å². The molecule has 0 saturated heterocycles. The first-order valence-corrected chi connectivity index (χ1v) is 48.9. The number of rotatable bonds is 29. The van der Waals surface area contributed by atoms with Crippen molar-refractivity contribution in [3.63, 3.8) is 0 Å². The molecular formula is C73H104N10O8Si4. The summed E-state index contributed by atoms with van der Waals surface area (Å²) >= 11 is 0. The summed E-state index contributed by atoms with van der Waals surface area (Å²) in [4.78, 5) is 52.8. The number of aliphatic hydroxyl groups is 1. The van der Waals surface area contributed by atoms with E-state index >= 15 is 0 Å². The van der Waals surface area contributed by atoms with Crippen molar-refractivity contribution in [3.8, 4) is 44.8 Å². The largest absolute Gasteiger partial charge is 0.390 e. The van der Waals surface area contributed by atoms with Gasteiger partial charge in [-0.3, -0.25) is 14.8 Å². The molecule has 22 heteroatoms. The molecule has 2 aliphatic rings. The van der Waals surface area contributed by atoms with Crippen molar-refractivity contribution in [2.24, 2.45) is 0 Å². The van der Waals surface area contributed by atoms with Gasteiger partial charge in [0.15, 0.2) is 11.3 Å². The fraction of sp³-hybridized carbons (Fsp3) is 0.507. The van der Waals surface area contributed by atoms with Gasteiger partial charge in [-0.05, 0) is 81.3 Å². The van der Waals surface area contributed by atoms with E-state index < -0.39 is 37.9 Å². The highest BCUT2D eigenvalue weighted by atomic mass is 28.3. The van der Waals surface area contributed by atoms with E-state index in [0.29, 0.717) is 45.5 Å². The maximum atomic E-state index is 12.1. The van der Waals surface area contributed by atoms with Crippen molar-refractivity contribution < 1.29 is 38.4 Å². The second-order valence-corrected chi connectivity index (χ2v) is 53.0. The Morgan fingerprint density at radius 3 is 1.17 bits per heavy atom. The molecule has 0 amide bonds. The Balaban J connectivity index is 0.000000234. The van der Waals surface area contributed by atoms with Crippen molar-refractivity contribution in [2.45, 2.75) is 185 Å². The molecular weight excluding hydrogens is 1260 g/mol. The fourth-order valence-electron chi connectivity index (χ4n) is 11.5. The summed E-state index contributed by atoms with van der Waals surface area (Å²) in [7, 11) is -4.94. The molecule has 6 aromatic heterocycles. The monoisotopic (exact) mass is 1360 g/mol. The van der Waals surface area contributed by atoms with Gasteiger partial charge in [0.2, 0.25) is 0 Å². The molecule has 18 nitrogen and oxygen atoms in total. The van der Waals surface area contributed by atoms with Crippen molar-refractivity contribution in [1.29, 1.82) is 0 Å². The number of aromatic nitrogens is 8. The van der Waals surface area contributed by atoms with Crippen molar-refractivity contribution in [3.05, 3.63) is 133 Å². The highest BCUT2D eigenvalue weighted by Gasteiger charge is 2.34. The number of pyridine rings is 2. The number of hydrogen-bond donors (Lipinski definition) is 1. The van der Waals surface area contributed by atoms with Crippen LogP contribution in [0.15, 0.2) is 122 Å². The van der Waals surface area contributed by atoms with Crippen LogP contribution < -0.4 is 9.80 Å². The highest BCUT2D eigenvalue weighted by molar-refractivity contribution is 6.77. The Hall–Kier alpha value is -6.70. The van der Waals surface area contributed by atoms with Crippen molar-refractivity contribution in [1.82, 2.24) is 39.2 Å². The Morgan fingerprint density at radius 1 is 0.505 bits per heavy atom. The molecule has 2 aromatic carbocycles. The number of nitrogens with zero attached hydrogens (tertiary/aromatic N) is 10. The molecule has 2 fully saturated rings. The number of hydrogen-bond acceptors (Lipinski definition) is 16. The minimum atomic E-state index is -1.24. The first-order chi connectivity index (χ1) is 45.2. The molecule has 2 aliphatic carbocycles. The zero-order chi connectivity index (χ0) is 68.4. The van der Waals surface area contributed by atoms with Gasteiger partial charge in [-0.15, -0.1) is 0 Å². The van der Waals surface area contributed by atoms with Gasteiger partial charge in [0, 0.05) is 153 Å². The third-order valence-electron chi connectivity index (χ3n) is 17.8. The van der Waals surface area contributed by atoms with E-state index in [0.717, 1.165) is 175 Å². The van der Waals surface area contributed by atoms with Crippen LogP contribution in [0, 0.1) is 0 Å². The smallest absolute Gasteiger partial charge is 0.373 e. The van der Waals surface area contributed by atoms with Crippen LogP contribution in [-0.2, 0) is 33.3 Å². The van der Waals surface area contributed by atoms with Crippen molar-refractivity contribution in [2.75, 3.05) is 63.2 Å². The molecule has 6 heterocycles. The van der Waals surface area contributed by atoms with Gasteiger partial charge in [-0.2, -0.15) is 28.8 Å². The van der Waals surface area contributed by atoms with E-state index in [-0.39, 0.29) is 18.0 Å². The number of carbonyl (C=O) groups is 1. The number of anilines is 2. The lowest BCUT2D eigenvalue weighted by molar-refractivity contribution is -0.191. The Morgan fingerprint density at radius 2 is 0.853 bits per heavy atom. The Kier molecular flexibility index (Phi) is 26.5. The van der Waals surface area contributed by atoms with Gasteiger partial charge in [0.25, 0.3) is 0 Å². The Bertz CT molecular complexity index is 3670. The summed E-state index contributed by atoms with van der Waals surface area (Å²) in [6.07, 6.45) is 14.9. The van der Waals surface area contributed by atoms with Gasteiger partial charge in [0.05, 0.1) is 29.4 Å². The summed E-state index contributed by atoms with van der Waals surface area (Å²) in [6.45, 7) is 35.1. The molecule has 0 atom stereocenters. The van der Waals surface area contributed by atoms with E-state index in [1.807, 2.05) is 70.2 Å². The van der Waals surface area contributed by atoms with Crippen LogP contribution in [0.4, 0.5) is 11.6 Å². The summed E-state index contributed by atoms with van der Waals surface area (Å²) in [6, 6.07) is 37.5. The minimum Gasteiger partial charge on any atom is -0.390 e. The number of carbonyl (C=O) groups excluding carboxylic acids is 3. The number of Topliss-reactive ketones (excluding diaryl/α,β-unsaturated/α-hetero) is 1. The first-order valence-electron chi connectivity index (χ1n) is 34.1. The second-order valence-electron chi connectivity index (χ2n) is 30.5. The van der Waals surface area contributed by atoms with Gasteiger partial charge < -0.3 is 33.9 Å². The normalized spacial score (nSPS) is 16.4. The first kappa shape index (κ1) is 74.1. The van der Waals surface area contributed by atoms with Crippen LogP contribution in [0.5, 0.6) is 0 Å². The lowest BCUT2D eigenvalue weighted by atomic mass is 9.76. The van der Waals surface area contributed by atoms with Crippen LogP contribution in [-0.4, -0.2) is 147 Å². The average Bonchev–Trinajstić information content (AvgIpc) is 1.68. The number of benzene rings is 2. The van der Waals surface area contributed by atoms with Gasteiger partial charge in [-0.1, -0.05) is 158 Å². The summed E-state index contributed by atoms with van der Waals surface area (Å²) < 4.78 is 29.1. The quantitative estimate of drug-likeness (QED) is 0.0263. The maximum Gasteiger partial charge on any atom is 0.373 e. The molecule has 0 aliphatic heterocycles. The van der Waals surface area contributed by atoms with Gasteiger partial charge in [0.1, 0.15) is 44.3 Å². The van der Waals surface area contributed by atoms with Gasteiger partial charge in [-0.25, -0.2) is 9.97 Å². The lowest BCUT2D eigenvalue weighted by Gasteiger charge is -2.35. The summed E-state index contributed by atoms with van der Waals surface area (Å²) in [5.41, 5.74) is 10.9. The number of ketones is 1. The van der Waals surface area contributed by atoms with Crippen LogP contribution in [0.2, 0.25) is 103 Å². The SMILES string of the molecule is CCC1(O)CCC(c2cc(N(COCC[Si](C)(C)C)COCC[Si](C)(C)C)n3ncc(-c4ccc(-c5ccccc5)nc4)c3n2)CC1.C[Si](C)(C)CCOCN(COCC[Si](C)(C)C)c1cc(C2CCC(=O)CC2)nc2c(-c3ccc(-c4ccccc4)nc3)cnn12.O=C=O. The van der Waals surface area contributed by atoms with Gasteiger partial charge >= 0.3 is 6.15 Å². The molecule has 0 unspecified atom stereocenters. The topological polar surface area (TPSA) is 201 Å². The Labute approximate surface area is 567 Å². The molecule has 1 N–H and O–H groups in total. The fourth-order valence-corrected chi connectivity index (χ4v) is 14.5. The molecule has 2 saturated carbocycles. The van der Waals surface area contributed by atoms with Crippen LogP contribution >= 0.6 is 0 Å². The maximum absolute atomic E-state index is 12.1. The predicted molar refractivity (Wildman–Crippen MR) is 392 cm³/mol. The summed E-state index contributed by atoms with van der Waals surface area (Å²) in [5.74, 6) is 2.63. The standard InChI is InChI=1S/C37H55N5O3Si2.C35H49N5O3Si2.CO2/c1-8-37(43)18-16-30(17-19-37)34-24-35(41(27-44-20-22-46(2,3)4)28-45-21-23-47(5,6)7)42-36(40-34)32(26-39-42)31-14-15-33(38-25-31)29-12-10-9-11-13-29;1-44(2,3)20-18-42-25-39(26-43-19-21-45(4,5)6)34-22-33(28-12-15-30(41)16-13-28)38-35-31(24-37-40(34)35)29-14-17-32(36-23-29)27-10-8-7-9-11-27;2-1-3/h9-15,24-26,30,43H,8,16-23,27-28H2,1-7H3;7-11,14,17,22-24,28H,12-13,15-16,18-21,25-26H2,1-6H3;. The second kappa shape index (κ2) is 34.0. The molecule has 95 heavy (non-hydrogen) atoms. The van der Waals surface area contributed by atoms with Crippen LogP contribution in [0.3, 0.4) is 0 Å². The third-order valence-corrected chi connectivity index (χ3v) is 24.6. The molecule has 0 radical (unpaired) electrons. The molecule has 8 aromatic rings. The van der Waals surface area contributed by atoms with Crippen molar-refractivity contribution >= 4 is 67.2 Å². The molecule has 10 rings (SSSR count). The predicted octanol–water partition coefficient (Wildman–Crippen LogP) is 16.2. The van der Waals surface area contributed by atoms with Crippen LogP contribution in [0.25, 0.3) is 56.1 Å². The molecule has 510 valence electrons. The highest BCUT2D eigenvalue weighted by Crippen LogP contribution is 2.41. The average molecular weight is 1360 g/mol. The number of fused-ring (bicyclic) bond motifs is 2. The lowest BCUT2D eigenvalue weighted by Crippen LogP contribution is -2.34. The van der Waals surface area contributed by atoms with E-state index in [4.69, 9.17) is 58.7 Å². The van der Waals surface area contributed by atoms with E-state index in [9.17, 15) is 9.90 Å². The summed E-state index contributed by atoms with van der Waals surface area (Å²) in [5, 5.41) is 20.8. The van der Waals surface area contributed by atoms with E-state index in [1.54, 1.807) is 0 Å². The molecule has 0 spiro atoms.